The molecule has 98 valence electrons. The number of sulfone groups is 1. The Kier molecular flexibility index (Phi) is 4.41. The Balaban J connectivity index is 2.20. The second-order valence-corrected chi connectivity index (χ2v) is 8.20. The number of hydrogen-bond acceptors (Lipinski definition) is 3. The summed E-state index contributed by atoms with van der Waals surface area (Å²) in [5, 5.41) is 0.956. The molecule has 1 heterocycles. The summed E-state index contributed by atoms with van der Waals surface area (Å²) in [6.45, 7) is 2.12. The van der Waals surface area contributed by atoms with Gasteiger partial charge in [-0.3, -0.25) is 0 Å². The predicted octanol–water partition coefficient (Wildman–Crippen LogP) is 4.26. The highest BCUT2D eigenvalue weighted by Crippen LogP contribution is 2.40. The molecule has 5 heteroatoms. The third kappa shape index (κ3) is 2.92. The van der Waals surface area contributed by atoms with Crippen molar-refractivity contribution in [3.05, 3.63) is 39.6 Å². The van der Waals surface area contributed by atoms with Crippen LogP contribution in [-0.2, 0) is 9.84 Å². The van der Waals surface area contributed by atoms with Crippen LogP contribution in [0.15, 0.2) is 39.5 Å². The molecular weight excluding hydrogens is 288 g/mol. The van der Waals surface area contributed by atoms with Crippen LogP contribution in [0.2, 0.25) is 5.02 Å². The highest BCUT2D eigenvalue weighted by atomic mass is 35.5. The first-order chi connectivity index (χ1) is 8.54. The molecule has 1 atom stereocenters. The van der Waals surface area contributed by atoms with Crippen LogP contribution in [0.5, 0.6) is 0 Å². The lowest BCUT2D eigenvalue weighted by Gasteiger charge is -2.09. The molecule has 1 unspecified atom stereocenters. The fourth-order valence-electron chi connectivity index (χ4n) is 1.89. The number of benzene rings is 1. The zero-order chi connectivity index (χ0) is 13.2. The van der Waals surface area contributed by atoms with E-state index in [1.54, 1.807) is 24.3 Å². The van der Waals surface area contributed by atoms with Gasteiger partial charge in [0.1, 0.15) is 4.24 Å². The van der Waals surface area contributed by atoms with Crippen molar-refractivity contribution in [2.24, 2.45) is 0 Å². The van der Waals surface area contributed by atoms with E-state index >= 15 is 0 Å². The average Bonchev–Trinajstić information content (AvgIpc) is 2.79. The average molecular weight is 303 g/mol. The van der Waals surface area contributed by atoms with Crippen molar-refractivity contribution in [3.63, 3.8) is 0 Å². The maximum Gasteiger partial charge on any atom is 0.212 e. The SMILES string of the molecule is CCCC1CC=C(S(=O)(=O)c2ccc(Cl)cc2)S1. The molecule has 0 bridgehead atoms. The molecule has 18 heavy (non-hydrogen) atoms. The summed E-state index contributed by atoms with van der Waals surface area (Å²) in [7, 11) is -3.34. The van der Waals surface area contributed by atoms with Crippen molar-refractivity contribution in [3.8, 4) is 0 Å². The number of halogens is 1. The first-order valence-corrected chi connectivity index (χ1v) is 8.65. The quantitative estimate of drug-likeness (QED) is 0.833. The normalized spacial score (nSPS) is 19.9. The Morgan fingerprint density at radius 3 is 2.61 bits per heavy atom. The Labute approximate surface area is 117 Å². The molecule has 0 N–H and O–H groups in total. The van der Waals surface area contributed by atoms with Crippen LogP contribution in [-0.4, -0.2) is 13.7 Å². The molecule has 1 aliphatic rings. The molecule has 2 rings (SSSR count). The summed E-state index contributed by atoms with van der Waals surface area (Å²) in [5.74, 6) is 0. The van der Waals surface area contributed by atoms with Gasteiger partial charge in [0.2, 0.25) is 9.84 Å². The van der Waals surface area contributed by atoms with E-state index in [4.69, 9.17) is 11.6 Å². The minimum absolute atomic E-state index is 0.322. The zero-order valence-corrected chi connectivity index (χ0v) is 12.5. The van der Waals surface area contributed by atoms with E-state index in [-0.39, 0.29) is 0 Å². The third-order valence-corrected chi connectivity index (χ3v) is 6.78. The van der Waals surface area contributed by atoms with Crippen LogP contribution >= 0.6 is 23.4 Å². The van der Waals surface area contributed by atoms with Gasteiger partial charge in [0, 0.05) is 10.3 Å². The zero-order valence-electron chi connectivity index (χ0n) is 10.1. The molecule has 0 radical (unpaired) electrons. The Morgan fingerprint density at radius 1 is 1.33 bits per heavy atom. The third-order valence-electron chi connectivity index (χ3n) is 2.83. The van der Waals surface area contributed by atoms with Gasteiger partial charge in [-0.05, 0) is 37.1 Å². The van der Waals surface area contributed by atoms with Gasteiger partial charge in [-0.15, -0.1) is 11.8 Å². The molecule has 0 aromatic heterocycles. The van der Waals surface area contributed by atoms with E-state index in [0.29, 0.717) is 19.4 Å². The number of allylic oxidation sites excluding steroid dienone is 1. The maximum absolute atomic E-state index is 12.4. The van der Waals surface area contributed by atoms with Crippen molar-refractivity contribution in [1.29, 1.82) is 0 Å². The van der Waals surface area contributed by atoms with Gasteiger partial charge in [-0.1, -0.05) is 31.0 Å². The summed E-state index contributed by atoms with van der Waals surface area (Å²) in [6, 6.07) is 6.34. The highest BCUT2D eigenvalue weighted by Gasteiger charge is 2.28. The van der Waals surface area contributed by atoms with Gasteiger partial charge in [0.25, 0.3) is 0 Å². The van der Waals surface area contributed by atoms with Crippen LogP contribution in [0.25, 0.3) is 0 Å². The van der Waals surface area contributed by atoms with Crippen LogP contribution in [0.3, 0.4) is 0 Å². The minimum atomic E-state index is -3.34. The molecule has 0 amide bonds. The van der Waals surface area contributed by atoms with Gasteiger partial charge in [0.05, 0.1) is 4.90 Å². The lowest BCUT2D eigenvalue weighted by molar-refractivity contribution is 0.604. The van der Waals surface area contributed by atoms with Crippen LogP contribution < -0.4 is 0 Å². The molecule has 0 saturated heterocycles. The lowest BCUT2D eigenvalue weighted by atomic mass is 10.2. The van der Waals surface area contributed by atoms with Crippen LogP contribution in [0, 0.1) is 0 Å². The monoisotopic (exact) mass is 302 g/mol. The fraction of sp³-hybridized carbons (Fsp3) is 0.385. The maximum atomic E-state index is 12.4. The van der Waals surface area contributed by atoms with E-state index in [2.05, 4.69) is 6.92 Å². The molecule has 0 fully saturated rings. The largest absolute Gasteiger partial charge is 0.218 e. The Morgan fingerprint density at radius 2 is 2.00 bits per heavy atom. The summed E-state index contributed by atoms with van der Waals surface area (Å²) in [5.41, 5.74) is 0. The van der Waals surface area contributed by atoms with Crippen molar-refractivity contribution >= 4 is 33.2 Å². The second-order valence-electron chi connectivity index (χ2n) is 4.24. The Hall–Kier alpha value is -0.450. The summed E-state index contributed by atoms with van der Waals surface area (Å²) >= 11 is 7.25. The number of rotatable bonds is 4. The molecule has 0 aliphatic carbocycles. The van der Waals surface area contributed by atoms with Gasteiger partial charge in [0.15, 0.2) is 0 Å². The first-order valence-electron chi connectivity index (χ1n) is 5.91. The highest BCUT2D eigenvalue weighted by molar-refractivity contribution is 8.19. The van der Waals surface area contributed by atoms with E-state index < -0.39 is 9.84 Å². The van der Waals surface area contributed by atoms with Crippen molar-refractivity contribution in [2.75, 3.05) is 0 Å². The molecule has 0 saturated carbocycles. The van der Waals surface area contributed by atoms with Crippen LogP contribution in [0.4, 0.5) is 0 Å². The predicted molar refractivity (Wildman–Crippen MR) is 77.6 cm³/mol. The minimum Gasteiger partial charge on any atom is -0.218 e. The lowest BCUT2D eigenvalue weighted by Crippen LogP contribution is -2.02. The second kappa shape index (κ2) is 5.68. The van der Waals surface area contributed by atoms with E-state index in [1.807, 2.05) is 6.08 Å². The molecule has 0 spiro atoms. The first kappa shape index (κ1) is 14.0. The van der Waals surface area contributed by atoms with E-state index in [1.165, 1.54) is 11.8 Å². The van der Waals surface area contributed by atoms with Gasteiger partial charge < -0.3 is 0 Å². The molecular formula is C13H15ClO2S2. The van der Waals surface area contributed by atoms with Crippen molar-refractivity contribution in [1.82, 2.24) is 0 Å². The number of thioether (sulfide) groups is 1. The smallest absolute Gasteiger partial charge is 0.212 e. The van der Waals surface area contributed by atoms with Crippen molar-refractivity contribution in [2.45, 2.75) is 36.3 Å². The van der Waals surface area contributed by atoms with Gasteiger partial charge >= 0.3 is 0 Å². The molecule has 2 nitrogen and oxygen atoms in total. The summed E-state index contributed by atoms with van der Waals surface area (Å²) in [4.78, 5) is 0.322. The standard InChI is InChI=1S/C13H15ClO2S2/c1-2-3-11-6-9-13(17-11)18(15,16)12-7-4-10(14)5-8-12/h4-5,7-9,11H,2-3,6H2,1H3. The van der Waals surface area contributed by atoms with E-state index in [0.717, 1.165) is 19.3 Å². The topological polar surface area (TPSA) is 34.1 Å². The molecule has 1 aromatic rings. The molecule has 1 aliphatic heterocycles. The van der Waals surface area contributed by atoms with Crippen molar-refractivity contribution < 1.29 is 8.42 Å². The summed E-state index contributed by atoms with van der Waals surface area (Å²) in [6.07, 6.45) is 4.83. The number of hydrogen-bond donors (Lipinski definition) is 0. The van der Waals surface area contributed by atoms with Gasteiger partial charge in [-0.2, -0.15) is 0 Å². The van der Waals surface area contributed by atoms with Gasteiger partial charge in [-0.25, -0.2) is 8.42 Å². The van der Waals surface area contributed by atoms with Crippen LogP contribution in [0.1, 0.15) is 26.2 Å². The molecule has 1 aromatic carbocycles. The van der Waals surface area contributed by atoms with E-state index in [9.17, 15) is 8.42 Å². The summed E-state index contributed by atoms with van der Waals surface area (Å²) < 4.78 is 25.2. The Bertz CT molecular complexity index is 547. The fourth-order valence-corrected chi connectivity index (χ4v) is 5.33.